The third kappa shape index (κ3) is 4.07. The first kappa shape index (κ1) is 20.3. The van der Waals surface area contributed by atoms with Gasteiger partial charge in [-0.15, -0.1) is 0 Å². The number of nitrogens with one attached hydrogen (secondary N) is 2. The Bertz CT molecular complexity index is 1370. The predicted octanol–water partition coefficient (Wildman–Crippen LogP) is 3.79. The van der Waals surface area contributed by atoms with Crippen molar-refractivity contribution in [1.82, 2.24) is 25.1 Å². The molecule has 168 valence electrons. The Morgan fingerprint density at radius 3 is 2.70 bits per heavy atom. The summed E-state index contributed by atoms with van der Waals surface area (Å²) in [4.78, 5) is 33.9. The minimum atomic E-state index is -0.259. The fraction of sp³-hybridized carbons (Fsp3) is 0.348. The molecule has 2 N–H and O–H groups in total. The van der Waals surface area contributed by atoms with E-state index in [0.717, 1.165) is 47.0 Å². The van der Waals surface area contributed by atoms with Crippen LogP contribution in [0.3, 0.4) is 0 Å². The SMILES string of the molecule is O=C(Nc1nc2ccc(-c3cnc4cnn(C(=O)NC5CCOCC5)c4c3)cc2s1)C1CC1. The van der Waals surface area contributed by atoms with Gasteiger partial charge in [-0.25, -0.2) is 9.78 Å². The maximum Gasteiger partial charge on any atom is 0.342 e. The van der Waals surface area contributed by atoms with E-state index in [1.165, 1.54) is 16.0 Å². The van der Waals surface area contributed by atoms with Gasteiger partial charge in [0.25, 0.3) is 0 Å². The van der Waals surface area contributed by atoms with E-state index in [1.807, 2.05) is 24.3 Å². The van der Waals surface area contributed by atoms with Gasteiger partial charge in [0.05, 0.1) is 21.9 Å². The molecule has 1 aromatic carbocycles. The molecule has 2 fully saturated rings. The number of thiazole rings is 1. The average molecular weight is 463 g/mol. The largest absolute Gasteiger partial charge is 0.381 e. The summed E-state index contributed by atoms with van der Waals surface area (Å²) in [7, 11) is 0. The zero-order chi connectivity index (χ0) is 22.4. The monoisotopic (exact) mass is 462 g/mol. The van der Waals surface area contributed by atoms with E-state index in [0.29, 0.717) is 29.4 Å². The molecule has 10 heteroatoms. The van der Waals surface area contributed by atoms with Crippen LogP contribution in [0.15, 0.2) is 36.7 Å². The van der Waals surface area contributed by atoms with Crippen LogP contribution in [0.25, 0.3) is 32.4 Å². The second-order valence-electron chi connectivity index (χ2n) is 8.49. The molecule has 6 rings (SSSR count). The van der Waals surface area contributed by atoms with Crippen LogP contribution in [-0.4, -0.2) is 50.9 Å². The van der Waals surface area contributed by atoms with E-state index in [4.69, 9.17) is 4.74 Å². The van der Waals surface area contributed by atoms with Crippen molar-refractivity contribution in [2.75, 3.05) is 18.5 Å². The van der Waals surface area contributed by atoms with Gasteiger partial charge in [0, 0.05) is 36.9 Å². The van der Waals surface area contributed by atoms with Crippen LogP contribution in [0.5, 0.6) is 0 Å². The highest BCUT2D eigenvalue weighted by molar-refractivity contribution is 7.22. The lowest BCUT2D eigenvalue weighted by molar-refractivity contribution is -0.117. The molecule has 0 radical (unpaired) electrons. The number of benzene rings is 1. The van der Waals surface area contributed by atoms with Crippen LogP contribution in [0.1, 0.15) is 25.7 Å². The minimum Gasteiger partial charge on any atom is -0.381 e. The van der Waals surface area contributed by atoms with Crippen molar-refractivity contribution in [1.29, 1.82) is 0 Å². The van der Waals surface area contributed by atoms with Crippen molar-refractivity contribution < 1.29 is 14.3 Å². The molecule has 0 bridgehead atoms. The molecule has 33 heavy (non-hydrogen) atoms. The van der Waals surface area contributed by atoms with Gasteiger partial charge in [-0.2, -0.15) is 9.78 Å². The molecule has 1 saturated carbocycles. The van der Waals surface area contributed by atoms with Gasteiger partial charge in [0.2, 0.25) is 5.91 Å². The smallest absolute Gasteiger partial charge is 0.342 e. The molecular formula is C23H22N6O3S. The molecule has 1 aliphatic carbocycles. The second kappa shape index (κ2) is 8.20. The molecule has 0 unspecified atom stereocenters. The highest BCUT2D eigenvalue weighted by atomic mass is 32.1. The van der Waals surface area contributed by atoms with E-state index in [2.05, 4.69) is 25.7 Å². The third-order valence-electron chi connectivity index (χ3n) is 6.06. The molecule has 1 aliphatic heterocycles. The van der Waals surface area contributed by atoms with Gasteiger partial charge in [-0.05, 0) is 49.4 Å². The summed E-state index contributed by atoms with van der Waals surface area (Å²) in [6.07, 6.45) is 6.89. The Morgan fingerprint density at radius 2 is 1.88 bits per heavy atom. The van der Waals surface area contributed by atoms with Crippen LogP contribution >= 0.6 is 11.3 Å². The van der Waals surface area contributed by atoms with Crippen LogP contribution in [0, 0.1) is 5.92 Å². The number of carbonyl (C=O) groups excluding carboxylic acids is 2. The van der Waals surface area contributed by atoms with Crippen molar-refractivity contribution in [3.8, 4) is 11.1 Å². The number of ether oxygens (including phenoxy) is 1. The first-order valence-corrected chi connectivity index (χ1v) is 11.9. The number of hydrogen-bond donors (Lipinski definition) is 2. The number of amides is 2. The molecule has 2 amide bonds. The summed E-state index contributed by atoms with van der Waals surface area (Å²) in [5, 5.41) is 10.8. The fourth-order valence-electron chi connectivity index (χ4n) is 4.02. The zero-order valence-electron chi connectivity index (χ0n) is 17.8. The molecule has 4 heterocycles. The first-order valence-electron chi connectivity index (χ1n) is 11.1. The van der Waals surface area contributed by atoms with Crippen molar-refractivity contribution in [2.45, 2.75) is 31.7 Å². The average Bonchev–Trinajstić information content (AvgIpc) is 3.48. The second-order valence-corrected chi connectivity index (χ2v) is 9.52. The summed E-state index contributed by atoms with van der Waals surface area (Å²) in [6, 6.07) is 7.70. The molecule has 0 spiro atoms. The number of hydrogen-bond acceptors (Lipinski definition) is 7. The highest BCUT2D eigenvalue weighted by Crippen LogP contribution is 2.34. The maximum atomic E-state index is 12.8. The Balaban J connectivity index is 1.27. The molecule has 0 atom stereocenters. The number of rotatable bonds is 4. The summed E-state index contributed by atoms with van der Waals surface area (Å²) < 4.78 is 7.71. The van der Waals surface area contributed by atoms with E-state index in [9.17, 15) is 9.59 Å². The Hall–Kier alpha value is -3.37. The van der Waals surface area contributed by atoms with Gasteiger partial charge in [0.15, 0.2) is 5.13 Å². The van der Waals surface area contributed by atoms with Crippen LogP contribution in [-0.2, 0) is 9.53 Å². The lowest BCUT2D eigenvalue weighted by Gasteiger charge is -2.22. The minimum absolute atomic E-state index is 0.0521. The van der Waals surface area contributed by atoms with Crippen LogP contribution < -0.4 is 10.6 Å². The maximum absolute atomic E-state index is 12.8. The Morgan fingerprint density at radius 1 is 1.03 bits per heavy atom. The van der Waals surface area contributed by atoms with Gasteiger partial charge in [-0.1, -0.05) is 17.4 Å². The summed E-state index contributed by atoms with van der Waals surface area (Å²) in [5.74, 6) is 0.190. The number of aromatic nitrogens is 4. The quantitative estimate of drug-likeness (QED) is 0.477. The van der Waals surface area contributed by atoms with Crippen molar-refractivity contribution >= 4 is 49.7 Å². The molecule has 4 aromatic rings. The molecule has 3 aromatic heterocycles. The standard InChI is InChI=1S/C23H22N6O3S/c30-21(13-1-2-13)28-22-27-17-4-3-14(10-20(17)33-22)15-9-19-18(24-11-15)12-25-29(19)23(31)26-16-5-7-32-8-6-16/h3-4,9-13,16H,1-2,5-8H2,(H,26,31)(H,27,28,30). The zero-order valence-corrected chi connectivity index (χ0v) is 18.6. The lowest BCUT2D eigenvalue weighted by Crippen LogP contribution is -2.41. The van der Waals surface area contributed by atoms with E-state index < -0.39 is 0 Å². The lowest BCUT2D eigenvalue weighted by atomic mass is 10.1. The first-order chi connectivity index (χ1) is 16.1. The Kier molecular flexibility index (Phi) is 5.03. The number of anilines is 1. The molecular weight excluding hydrogens is 440 g/mol. The highest BCUT2D eigenvalue weighted by Gasteiger charge is 2.30. The van der Waals surface area contributed by atoms with Gasteiger partial charge in [0.1, 0.15) is 5.52 Å². The summed E-state index contributed by atoms with van der Waals surface area (Å²) in [5.41, 5.74) is 3.98. The van der Waals surface area contributed by atoms with Gasteiger partial charge >= 0.3 is 6.03 Å². The van der Waals surface area contributed by atoms with Crippen LogP contribution in [0.2, 0.25) is 0 Å². The van der Waals surface area contributed by atoms with Crippen molar-refractivity contribution in [2.24, 2.45) is 5.92 Å². The van der Waals surface area contributed by atoms with Gasteiger partial charge in [-0.3, -0.25) is 9.78 Å². The van der Waals surface area contributed by atoms with Crippen LogP contribution in [0.4, 0.5) is 9.93 Å². The third-order valence-corrected chi connectivity index (χ3v) is 7.00. The number of carbonyl (C=O) groups is 2. The number of fused-ring (bicyclic) bond motifs is 2. The van der Waals surface area contributed by atoms with E-state index in [1.54, 1.807) is 12.4 Å². The van der Waals surface area contributed by atoms with E-state index in [-0.39, 0.29) is 23.9 Å². The van der Waals surface area contributed by atoms with E-state index >= 15 is 0 Å². The normalized spacial score (nSPS) is 16.8. The van der Waals surface area contributed by atoms with Gasteiger partial charge < -0.3 is 15.4 Å². The van der Waals surface area contributed by atoms with Crippen molar-refractivity contribution in [3.05, 3.63) is 36.7 Å². The number of nitrogens with zero attached hydrogens (tertiary/aromatic N) is 4. The molecule has 2 aliphatic rings. The molecule has 9 nitrogen and oxygen atoms in total. The topological polar surface area (TPSA) is 111 Å². The van der Waals surface area contributed by atoms with Crippen molar-refractivity contribution in [3.63, 3.8) is 0 Å². The number of pyridine rings is 1. The molecule has 1 saturated heterocycles. The Labute approximate surface area is 193 Å². The summed E-state index contributed by atoms with van der Waals surface area (Å²) >= 11 is 1.46. The predicted molar refractivity (Wildman–Crippen MR) is 125 cm³/mol. The fourth-order valence-corrected chi connectivity index (χ4v) is 4.92. The summed E-state index contributed by atoms with van der Waals surface area (Å²) in [6.45, 7) is 1.31.